The van der Waals surface area contributed by atoms with E-state index in [1.807, 2.05) is 11.9 Å². The van der Waals surface area contributed by atoms with Gasteiger partial charge in [0.05, 0.1) is 4.92 Å². The molecule has 2 rings (SSSR count). The molecule has 1 saturated heterocycles. The minimum Gasteiger partial charge on any atom is -0.363 e. The lowest BCUT2D eigenvalue weighted by Gasteiger charge is -2.33. The van der Waals surface area contributed by atoms with Gasteiger partial charge in [0.25, 0.3) is 5.69 Å². The van der Waals surface area contributed by atoms with Crippen molar-refractivity contribution in [2.24, 2.45) is 0 Å². The molecule has 100 valence electrons. The minimum atomic E-state index is -0.357. The van der Waals surface area contributed by atoms with Crippen LogP contribution >= 0.6 is 24.0 Å². The van der Waals surface area contributed by atoms with Crippen LogP contribution in [0.4, 0.5) is 11.4 Å². The van der Waals surface area contributed by atoms with Crippen molar-refractivity contribution in [3.05, 3.63) is 33.3 Å². The molecule has 1 heterocycles. The Bertz CT molecular complexity index is 434. The van der Waals surface area contributed by atoms with Gasteiger partial charge in [-0.3, -0.25) is 10.1 Å². The van der Waals surface area contributed by atoms with Gasteiger partial charge in [0.1, 0.15) is 5.69 Å². The molecule has 0 atom stereocenters. The van der Waals surface area contributed by atoms with Crippen molar-refractivity contribution in [2.75, 3.05) is 38.1 Å². The number of nitro groups is 1. The maximum absolute atomic E-state index is 11.0. The third-order valence-electron chi connectivity index (χ3n) is 2.98. The molecule has 0 spiro atoms. The summed E-state index contributed by atoms with van der Waals surface area (Å²) in [5.41, 5.74) is 0.745. The predicted octanol–water partition coefficient (Wildman–Crippen LogP) is 2.42. The van der Waals surface area contributed by atoms with Gasteiger partial charge in [0.2, 0.25) is 0 Å². The number of piperazine rings is 1. The smallest absolute Gasteiger partial charge is 0.292 e. The molecule has 0 bridgehead atoms. The zero-order valence-corrected chi connectivity index (χ0v) is 11.6. The Morgan fingerprint density at radius 3 is 2.44 bits per heavy atom. The summed E-state index contributed by atoms with van der Waals surface area (Å²) in [6, 6.07) is 4.69. The Balaban J connectivity index is 0.00000162. The highest BCUT2D eigenvalue weighted by molar-refractivity contribution is 6.31. The average Bonchev–Trinajstić information content (AvgIpc) is 2.29. The quantitative estimate of drug-likeness (QED) is 0.620. The molecule has 0 amide bonds. The summed E-state index contributed by atoms with van der Waals surface area (Å²) < 4.78 is 0. The van der Waals surface area contributed by atoms with E-state index >= 15 is 0 Å². The molecule has 1 aromatic rings. The van der Waals surface area contributed by atoms with Gasteiger partial charge < -0.3 is 9.80 Å². The Kier molecular flexibility index (Phi) is 5.19. The first-order valence-electron chi connectivity index (χ1n) is 5.45. The van der Waals surface area contributed by atoms with Crippen molar-refractivity contribution in [3.63, 3.8) is 0 Å². The van der Waals surface area contributed by atoms with Crippen molar-refractivity contribution in [1.29, 1.82) is 0 Å². The highest BCUT2D eigenvalue weighted by Gasteiger charge is 2.22. The lowest BCUT2D eigenvalue weighted by atomic mass is 10.2. The molecule has 7 heteroatoms. The topological polar surface area (TPSA) is 49.6 Å². The van der Waals surface area contributed by atoms with E-state index in [0.717, 1.165) is 26.2 Å². The number of nitro benzene ring substituents is 1. The van der Waals surface area contributed by atoms with Crippen LogP contribution in [-0.2, 0) is 0 Å². The van der Waals surface area contributed by atoms with E-state index in [2.05, 4.69) is 4.90 Å². The standard InChI is InChI=1S/C11H14ClN3O2.ClH/c1-13-4-6-14(7-5-13)11-8-9(12)2-3-10(11)15(16)17;/h2-3,8H,4-7H2,1H3;1H. The third kappa shape index (κ3) is 3.25. The van der Waals surface area contributed by atoms with Crippen molar-refractivity contribution < 1.29 is 4.92 Å². The van der Waals surface area contributed by atoms with Gasteiger partial charge in [0, 0.05) is 37.3 Å². The number of hydrogen-bond donors (Lipinski definition) is 0. The van der Waals surface area contributed by atoms with E-state index in [1.54, 1.807) is 12.1 Å². The summed E-state index contributed by atoms with van der Waals surface area (Å²) in [5, 5.41) is 11.5. The molecule has 1 fully saturated rings. The highest BCUT2D eigenvalue weighted by atomic mass is 35.5. The van der Waals surface area contributed by atoms with E-state index < -0.39 is 0 Å². The zero-order chi connectivity index (χ0) is 12.4. The summed E-state index contributed by atoms with van der Waals surface area (Å²) in [5.74, 6) is 0. The fourth-order valence-corrected chi connectivity index (χ4v) is 2.12. The van der Waals surface area contributed by atoms with Crippen molar-refractivity contribution in [1.82, 2.24) is 4.90 Å². The van der Waals surface area contributed by atoms with E-state index in [1.165, 1.54) is 6.07 Å². The third-order valence-corrected chi connectivity index (χ3v) is 3.21. The van der Waals surface area contributed by atoms with Gasteiger partial charge >= 0.3 is 0 Å². The molecule has 5 nitrogen and oxygen atoms in total. The van der Waals surface area contributed by atoms with Crippen LogP contribution in [0.25, 0.3) is 0 Å². The van der Waals surface area contributed by atoms with Gasteiger partial charge in [-0.1, -0.05) is 11.6 Å². The van der Waals surface area contributed by atoms with E-state index in [-0.39, 0.29) is 23.0 Å². The molecule has 0 aromatic heterocycles. The fourth-order valence-electron chi connectivity index (χ4n) is 1.95. The van der Waals surface area contributed by atoms with Gasteiger partial charge in [-0.2, -0.15) is 0 Å². The van der Waals surface area contributed by atoms with Crippen LogP contribution < -0.4 is 4.90 Å². The molecule has 0 aliphatic carbocycles. The molecule has 0 radical (unpaired) electrons. The van der Waals surface area contributed by atoms with E-state index in [9.17, 15) is 10.1 Å². The number of likely N-dealkylation sites (N-methyl/N-ethyl adjacent to an activating group) is 1. The SMILES string of the molecule is CN1CCN(c2cc(Cl)ccc2[N+](=O)[O-])CC1.Cl. The number of nitrogens with zero attached hydrogens (tertiary/aromatic N) is 3. The Hall–Kier alpha value is -1.04. The number of anilines is 1. The van der Waals surface area contributed by atoms with Crippen LogP contribution in [0.1, 0.15) is 0 Å². The van der Waals surface area contributed by atoms with Crippen molar-refractivity contribution in [3.8, 4) is 0 Å². The summed E-state index contributed by atoms with van der Waals surface area (Å²) in [6.45, 7) is 3.39. The van der Waals surface area contributed by atoms with Crippen molar-refractivity contribution in [2.45, 2.75) is 0 Å². The van der Waals surface area contributed by atoms with Crippen LogP contribution in [0.2, 0.25) is 5.02 Å². The molecule has 1 aromatic carbocycles. The number of hydrogen-bond acceptors (Lipinski definition) is 4. The molecular weight excluding hydrogens is 277 g/mol. The van der Waals surface area contributed by atoms with Gasteiger partial charge in [-0.15, -0.1) is 12.4 Å². The monoisotopic (exact) mass is 291 g/mol. The first-order valence-corrected chi connectivity index (χ1v) is 5.83. The lowest BCUT2D eigenvalue weighted by molar-refractivity contribution is -0.384. The van der Waals surface area contributed by atoms with E-state index in [4.69, 9.17) is 11.6 Å². The summed E-state index contributed by atoms with van der Waals surface area (Å²) >= 11 is 5.91. The van der Waals surface area contributed by atoms with Crippen LogP contribution in [-0.4, -0.2) is 43.0 Å². The second-order valence-electron chi connectivity index (χ2n) is 4.18. The Morgan fingerprint density at radius 2 is 1.89 bits per heavy atom. The Morgan fingerprint density at radius 1 is 1.28 bits per heavy atom. The molecule has 1 aliphatic heterocycles. The molecule has 0 N–H and O–H groups in total. The first-order chi connectivity index (χ1) is 8.08. The zero-order valence-electron chi connectivity index (χ0n) is 10.0. The molecular formula is C11H15Cl2N3O2. The van der Waals surface area contributed by atoms with Crippen LogP contribution in [0.3, 0.4) is 0 Å². The largest absolute Gasteiger partial charge is 0.363 e. The minimum absolute atomic E-state index is 0. The van der Waals surface area contributed by atoms with Crippen molar-refractivity contribution >= 4 is 35.4 Å². The molecule has 18 heavy (non-hydrogen) atoms. The van der Waals surface area contributed by atoms with Crippen LogP contribution in [0, 0.1) is 10.1 Å². The summed E-state index contributed by atoms with van der Waals surface area (Å²) in [6.07, 6.45) is 0. The number of benzene rings is 1. The molecule has 0 unspecified atom stereocenters. The normalized spacial score (nSPS) is 16.2. The summed E-state index contributed by atoms with van der Waals surface area (Å²) in [7, 11) is 2.05. The van der Waals surface area contributed by atoms with Crippen LogP contribution in [0.15, 0.2) is 18.2 Å². The molecule has 1 aliphatic rings. The summed E-state index contributed by atoms with van der Waals surface area (Å²) in [4.78, 5) is 14.8. The van der Waals surface area contributed by atoms with Crippen LogP contribution in [0.5, 0.6) is 0 Å². The maximum Gasteiger partial charge on any atom is 0.292 e. The van der Waals surface area contributed by atoms with E-state index in [0.29, 0.717) is 10.7 Å². The Labute approximate surface area is 117 Å². The van der Waals surface area contributed by atoms with Gasteiger partial charge in [-0.25, -0.2) is 0 Å². The van der Waals surface area contributed by atoms with Gasteiger partial charge in [0.15, 0.2) is 0 Å². The van der Waals surface area contributed by atoms with Gasteiger partial charge in [-0.05, 0) is 19.2 Å². The number of rotatable bonds is 2. The first kappa shape index (κ1) is 15.0. The maximum atomic E-state index is 11.0. The lowest BCUT2D eigenvalue weighted by Crippen LogP contribution is -2.44. The molecule has 0 saturated carbocycles. The number of halogens is 2. The fraction of sp³-hybridized carbons (Fsp3) is 0.455. The highest BCUT2D eigenvalue weighted by Crippen LogP contribution is 2.31. The predicted molar refractivity (Wildman–Crippen MR) is 75.1 cm³/mol. The second-order valence-corrected chi connectivity index (χ2v) is 4.62. The average molecular weight is 292 g/mol. The second kappa shape index (κ2) is 6.22.